The Labute approximate surface area is 126 Å². The molecule has 0 radical (unpaired) electrons. The van der Waals surface area contributed by atoms with Gasteiger partial charge >= 0.3 is 0 Å². The zero-order chi connectivity index (χ0) is 15.5. The van der Waals surface area contributed by atoms with E-state index in [1.165, 1.54) is 0 Å². The summed E-state index contributed by atoms with van der Waals surface area (Å²) in [6.07, 6.45) is 1.36. The van der Waals surface area contributed by atoms with Crippen LogP contribution in [0.3, 0.4) is 0 Å². The molecule has 1 saturated heterocycles. The van der Waals surface area contributed by atoms with Crippen molar-refractivity contribution < 1.29 is 18.3 Å². The van der Waals surface area contributed by atoms with Crippen LogP contribution in [0, 0.1) is 6.92 Å². The highest BCUT2D eigenvalue weighted by Crippen LogP contribution is 2.23. The van der Waals surface area contributed by atoms with Gasteiger partial charge in [0.25, 0.3) is 0 Å². The zero-order valence-corrected chi connectivity index (χ0v) is 13.3. The average Bonchev–Trinajstić information content (AvgIpc) is 2.94. The minimum Gasteiger partial charge on any atom is -0.390 e. The van der Waals surface area contributed by atoms with E-state index in [1.807, 2.05) is 13.8 Å². The summed E-state index contributed by atoms with van der Waals surface area (Å²) in [7, 11) is -3.50. The lowest BCUT2D eigenvalue weighted by Crippen LogP contribution is -2.33. The molecule has 1 aliphatic rings. The third-order valence-electron chi connectivity index (χ3n) is 3.82. The second-order valence-electron chi connectivity index (χ2n) is 5.51. The summed E-state index contributed by atoms with van der Waals surface area (Å²) >= 11 is 0. The molecule has 1 aliphatic heterocycles. The van der Waals surface area contributed by atoms with Crippen LogP contribution in [0.4, 0.5) is 0 Å². The van der Waals surface area contributed by atoms with E-state index in [4.69, 9.17) is 4.74 Å². The monoisotopic (exact) mass is 313 g/mol. The van der Waals surface area contributed by atoms with E-state index in [-0.39, 0.29) is 23.6 Å². The molecule has 0 aromatic heterocycles. The van der Waals surface area contributed by atoms with Crippen LogP contribution < -0.4 is 4.72 Å². The Hall–Kier alpha value is -0.950. The first-order valence-electron chi connectivity index (χ1n) is 7.32. The summed E-state index contributed by atoms with van der Waals surface area (Å²) in [5, 5.41) is 9.74. The lowest BCUT2D eigenvalue weighted by Gasteiger charge is -2.18. The minimum absolute atomic E-state index is 0.170. The smallest absolute Gasteiger partial charge is 0.240 e. The van der Waals surface area contributed by atoms with Crippen LogP contribution in [0.2, 0.25) is 0 Å². The molecule has 6 heteroatoms. The molecular weight excluding hydrogens is 290 g/mol. The lowest BCUT2D eigenvalue weighted by molar-refractivity contribution is -0.0329. The van der Waals surface area contributed by atoms with Crippen molar-refractivity contribution in [1.82, 2.24) is 4.72 Å². The molecule has 118 valence electrons. The Morgan fingerprint density at radius 1 is 1.33 bits per heavy atom. The summed E-state index contributed by atoms with van der Waals surface area (Å²) in [5.41, 5.74) is 1.02. The number of aliphatic hydroxyl groups excluding tert-OH is 1. The van der Waals surface area contributed by atoms with Crippen molar-refractivity contribution >= 4 is 10.0 Å². The SMILES string of the molecule is CC[C@@H](O)[C@@H]1CC[C@H](CNS(=O)(=O)c2ccc(C)cc2)O1. The Balaban J connectivity index is 1.90. The molecule has 0 bridgehead atoms. The first-order valence-corrected chi connectivity index (χ1v) is 8.80. The average molecular weight is 313 g/mol. The van der Waals surface area contributed by atoms with E-state index >= 15 is 0 Å². The standard InChI is InChI=1S/C15H23NO4S/c1-3-14(17)15-9-6-12(20-15)10-16-21(18,19)13-7-4-11(2)5-8-13/h4-5,7-8,12,14-17H,3,6,9-10H2,1-2H3/t12-,14-,15+/m1/s1. The summed E-state index contributed by atoms with van der Waals surface area (Å²) in [5.74, 6) is 0. The van der Waals surface area contributed by atoms with Crippen LogP contribution >= 0.6 is 0 Å². The fourth-order valence-electron chi connectivity index (χ4n) is 2.43. The molecule has 1 aromatic carbocycles. The van der Waals surface area contributed by atoms with Crippen molar-refractivity contribution in [1.29, 1.82) is 0 Å². The number of ether oxygens (including phenoxy) is 1. The quantitative estimate of drug-likeness (QED) is 0.836. The molecule has 2 N–H and O–H groups in total. The summed E-state index contributed by atoms with van der Waals surface area (Å²) in [4.78, 5) is 0.260. The topological polar surface area (TPSA) is 75.6 Å². The molecule has 1 fully saturated rings. The Morgan fingerprint density at radius 3 is 2.62 bits per heavy atom. The van der Waals surface area contributed by atoms with E-state index in [2.05, 4.69) is 4.72 Å². The molecule has 0 unspecified atom stereocenters. The minimum atomic E-state index is -3.50. The van der Waals surface area contributed by atoms with E-state index in [1.54, 1.807) is 24.3 Å². The van der Waals surface area contributed by atoms with Gasteiger partial charge in [-0.25, -0.2) is 13.1 Å². The van der Waals surface area contributed by atoms with Gasteiger partial charge in [0.1, 0.15) is 0 Å². The molecule has 5 nitrogen and oxygen atoms in total. The highest BCUT2D eigenvalue weighted by Gasteiger charge is 2.30. The number of aryl methyl sites for hydroxylation is 1. The van der Waals surface area contributed by atoms with Gasteiger partial charge in [-0.1, -0.05) is 24.6 Å². The molecule has 0 spiro atoms. The van der Waals surface area contributed by atoms with Crippen molar-refractivity contribution in [3.05, 3.63) is 29.8 Å². The number of sulfonamides is 1. The molecule has 2 rings (SSSR count). The fraction of sp³-hybridized carbons (Fsp3) is 0.600. The van der Waals surface area contributed by atoms with E-state index < -0.39 is 16.1 Å². The second kappa shape index (κ2) is 6.87. The molecule has 1 heterocycles. The molecular formula is C15H23NO4S. The third kappa shape index (κ3) is 4.26. The van der Waals surface area contributed by atoms with Crippen molar-refractivity contribution in [3.8, 4) is 0 Å². The van der Waals surface area contributed by atoms with Crippen LogP contribution in [0.1, 0.15) is 31.7 Å². The van der Waals surface area contributed by atoms with Gasteiger partial charge < -0.3 is 9.84 Å². The number of benzene rings is 1. The van der Waals surface area contributed by atoms with Gasteiger partial charge in [0.2, 0.25) is 10.0 Å². The summed E-state index contributed by atoms with van der Waals surface area (Å²) in [6.45, 7) is 4.06. The third-order valence-corrected chi connectivity index (χ3v) is 5.26. The first-order chi connectivity index (χ1) is 9.92. The van der Waals surface area contributed by atoms with Crippen molar-refractivity contribution in [3.63, 3.8) is 0 Å². The van der Waals surface area contributed by atoms with Crippen molar-refractivity contribution in [2.45, 2.75) is 56.3 Å². The predicted molar refractivity (Wildman–Crippen MR) is 80.6 cm³/mol. The van der Waals surface area contributed by atoms with Crippen LogP contribution in [-0.4, -0.2) is 38.4 Å². The maximum absolute atomic E-state index is 12.2. The van der Waals surface area contributed by atoms with Gasteiger partial charge in [-0.3, -0.25) is 0 Å². The first kappa shape index (κ1) is 16.4. The number of nitrogens with one attached hydrogen (secondary N) is 1. The maximum Gasteiger partial charge on any atom is 0.240 e. The maximum atomic E-state index is 12.2. The van der Waals surface area contributed by atoms with Gasteiger partial charge in [-0.15, -0.1) is 0 Å². The fourth-order valence-corrected chi connectivity index (χ4v) is 3.50. The van der Waals surface area contributed by atoms with E-state index in [9.17, 15) is 13.5 Å². The lowest BCUT2D eigenvalue weighted by atomic mass is 10.1. The summed E-state index contributed by atoms with van der Waals surface area (Å²) < 4.78 is 32.6. The van der Waals surface area contributed by atoms with Crippen LogP contribution in [0.25, 0.3) is 0 Å². The van der Waals surface area contributed by atoms with E-state index in [0.717, 1.165) is 18.4 Å². The molecule has 1 aromatic rings. The highest BCUT2D eigenvalue weighted by molar-refractivity contribution is 7.89. The van der Waals surface area contributed by atoms with Crippen LogP contribution in [-0.2, 0) is 14.8 Å². The van der Waals surface area contributed by atoms with Gasteiger partial charge in [0.05, 0.1) is 23.2 Å². The van der Waals surface area contributed by atoms with Crippen molar-refractivity contribution in [2.75, 3.05) is 6.54 Å². The Bertz CT molecular complexity index is 556. The Kier molecular flexibility index (Phi) is 5.37. The molecule has 21 heavy (non-hydrogen) atoms. The second-order valence-corrected chi connectivity index (χ2v) is 7.28. The van der Waals surface area contributed by atoms with Crippen molar-refractivity contribution in [2.24, 2.45) is 0 Å². The molecule has 0 amide bonds. The normalized spacial score (nSPS) is 24.1. The van der Waals surface area contributed by atoms with Gasteiger partial charge in [-0.2, -0.15) is 0 Å². The Morgan fingerprint density at radius 2 is 2.00 bits per heavy atom. The number of hydrogen-bond donors (Lipinski definition) is 2. The largest absolute Gasteiger partial charge is 0.390 e. The van der Waals surface area contributed by atoms with Crippen LogP contribution in [0.15, 0.2) is 29.2 Å². The highest BCUT2D eigenvalue weighted by atomic mass is 32.2. The predicted octanol–water partition coefficient (Wildman–Crippen LogP) is 1.59. The number of hydrogen-bond acceptors (Lipinski definition) is 4. The molecule has 0 aliphatic carbocycles. The van der Waals surface area contributed by atoms with Gasteiger partial charge in [0.15, 0.2) is 0 Å². The van der Waals surface area contributed by atoms with Crippen LogP contribution in [0.5, 0.6) is 0 Å². The number of rotatable bonds is 6. The van der Waals surface area contributed by atoms with Gasteiger partial charge in [0, 0.05) is 6.54 Å². The molecule has 0 saturated carbocycles. The van der Waals surface area contributed by atoms with E-state index in [0.29, 0.717) is 6.42 Å². The summed E-state index contributed by atoms with van der Waals surface area (Å²) in [6, 6.07) is 6.73. The van der Waals surface area contributed by atoms with Gasteiger partial charge in [-0.05, 0) is 38.3 Å². The zero-order valence-electron chi connectivity index (χ0n) is 12.5. The molecule has 3 atom stereocenters. The number of aliphatic hydroxyl groups is 1.